The number of sulfonamides is 1. The Morgan fingerprint density at radius 2 is 2.03 bits per heavy atom. The van der Waals surface area contributed by atoms with Crippen LogP contribution in [0.15, 0.2) is 47.2 Å². The van der Waals surface area contributed by atoms with Crippen molar-refractivity contribution in [3.63, 3.8) is 0 Å². The van der Waals surface area contributed by atoms with Crippen LogP contribution in [0, 0.1) is 0 Å². The van der Waals surface area contributed by atoms with Crippen LogP contribution in [0.2, 0.25) is 5.02 Å². The Morgan fingerprint density at radius 3 is 2.81 bits per heavy atom. The number of pyridine rings is 1. The molecule has 3 aromatic heterocycles. The Hall–Kier alpha value is -2.76. The molecule has 12 heteroatoms. The normalized spacial score (nSPS) is 11.6. The molecule has 0 amide bonds. The zero-order valence-electron chi connectivity index (χ0n) is 16.5. The number of imidazole rings is 1. The second-order valence-corrected chi connectivity index (χ2v) is 10.0. The molecule has 0 aliphatic rings. The molecule has 0 atom stereocenters. The monoisotopic (exact) mass is 521 g/mol. The van der Waals surface area contributed by atoms with E-state index in [1.807, 2.05) is 6.07 Å². The molecule has 4 rings (SSSR count). The first-order chi connectivity index (χ1) is 14.7. The first-order valence-corrected chi connectivity index (χ1v) is 12.0. The summed E-state index contributed by atoms with van der Waals surface area (Å²) in [6, 6.07) is 8.92. The predicted molar refractivity (Wildman–Crippen MR) is 125 cm³/mol. The molecule has 31 heavy (non-hydrogen) atoms. The fourth-order valence-electron chi connectivity index (χ4n) is 2.88. The number of aromatic nitrogens is 5. The molecule has 0 aliphatic heterocycles. The number of anilines is 2. The van der Waals surface area contributed by atoms with E-state index in [2.05, 4.69) is 46.2 Å². The van der Waals surface area contributed by atoms with E-state index in [9.17, 15) is 8.42 Å². The summed E-state index contributed by atoms with van der Waals surface area (Å²) < 4.78 is 25.6. The largest absolute Gasteiger partial charge is 0.365 e. The second kappa shape index (κ2) is 8.40. The summed E-state index contributed by atoms with van der Waals surface area (Å²) in [5.74, 6) is 1.78. The maximum Gasteiger partial charge on any atom is 0.233 e. The van der Waals surface area contributed by atoms with Crippen LogP contribution in [-0.4, -0.2) is 46.6 Å². The van der Waals surface area contributed by atoms with Gasteiger partial charge in [-0.3, -0.25) is 4.31 Å². The topological polar surface area (TPSA) is 117 Å². The average molecular weight is 523 g/mol. The van der Waals surface area contributed by atoms with Gasteiger partial charge in [0.2, 0.25) is 10.0 Å². The van der Waals surface area contributed by atoms with Gasteiger partial charge in [0.1, 0.15) is 11.6 Å². The van der Waals surface area contributed by atoms with Crippen molar-refractivity contribution in [2.24, 2.45) is 0 Å². The van der Waals surface area contributed by atoms with Crippen LogP contribution in [-0.2, 0) is 16.6 Å². The minimum Gasteiger partial charge on any atom is -0.365 e. The smallest absolute Gasteiger partial charge is 0.233 e. The molecule has 4 aromatic rings. The van der Waals surface area contributed by atoms with Gasteiger partial charge in [-0.25, -0.2) is 28.4 Å². The summed E-state index contributed by atoms with van der Waals surface area (Å²) in [4.78, 5) is 20.8. The standard InChI is InChI=1S/C19H17BrClN7O2S/c1-28(31(2,29)30)19-11(4-3-7-22-19)9-23-16-13(20)10-24-17(27-16)18-25-14-6-5-12(21)8-15(14)26-18/h3-8,10H,9H2,1-2H3,(H,25,26)(H,23,24,27). The number of hydrogen-bond donors (Lipinski definition) is 2. The van der Waals surface area contributed by atoms with Gasteiger partial charge in [-0.1, -0.05) is 17.7 Å². The third kappa shape index (κ3) is 4.63. The Bertz CT molecular complexity index is 1380. The Kier molecular flexibility index (Phi) is 5.82. The minimum absolute atomic E-state index is 0.299. The van der Waals surface area contributed by atoms with E-state index >= 15 is 0 Å². The lowest BCUT2D eigenvalue weighted by molar-refractivity contribution is 0.599. The minimum atomic E-state index is -3.44. The summed E-state index contributed by atoms with van der Waals surface area (Å²) in [5, 5.41) is 3.81. The van der Waals surface area contributed by atoms with Crippen LogP contribution in [0.3, 0.4) is 0 Å². The molecule has 1 aromatic carbocycles. The van der Waals surface area contributed by atoms with Crippen molar-refractivity contribution >= 4 is 60.2 Å². The third-order valence-corrected chi connectivity index (χ3v) is 6.49. The van der Waals surface area contributed by atoms with Gasteiger partial charge >= 0.3 is 0 Å². The van der Waals surface area contributed by atoms with E-state index in [1.165, 1.54) is 7.05 Å². The van der Waals surface area contributed by atoms with Gasteiger partial charge in [0.25, 0.3) is 0 Å². The van der Waals surface area contributed by atoms with Crippen LogP contribution in [0.4, 0.5) is 11.6 Å². The van der Waals surface area contributed by atoms with Crippen LogP contribution in [0.1, 0.15) is 5.56 Å². The highest BCUT2D eigenvalue weighted by Gasteiger charge is 2.17. The van der Waals surface area contributed by atoms with Crippen LogP contribution in [0.25, 0.3) is 22.7 Å². The number of benzene rings is 1. The lowest BCUT2D eigenvalue weighted by Gasteiger charge is -2.19. The zero-order chi connectivity index (χ0) is 22.2. The molecule has 160 valence electrons. The van der Waals surface area contributed by atoms with E-state index in [0.29, 0.717) is 44.9 Å². The van der Waals surface area contributed by atoms with Crippen molar-refractivity contribution in [1.29, 1.82) is 0 Å². The number of nitrogens with zero attached hydrogens (tertiary/aromatic N) is 5. The van der Waals surface area contributed by atoms with E-state index in [-0.39, 0.29) is 0 Å². The molecule has 3 heterocycles. The van der Waals surface area contributed by atoms with Gasteiger partial charge in [-0.2, -0.15) is 0 Å². The molecule has 0 fully saturated rings. The number of fused-ring (bicyclic) bond motifs is 1. The summed E-state index contributed by atoms with van der Waals surface area (Å²) in [5.41, 5.74) is 2.23. The molecular formula is C19H17BrClN7O2S. The predicted octanol–water partition coefficient (Wildman–Crippen LogP) is 3.84. The maximum atomic E-state index is 11.9. The van der Waals surface area contributed by atoms with Crippen LogP contribution in [0.5, 0.6) is 0 Å². The van der Waals surface area contributed by atoms with Gasteiger partial charge in [-0.05, 0) is 40.2 Å². The van der Waals surface area contributed by atoms with Crippen molar-refractivity contribution in [3.05, 3.63) is 57.8 Å². The number of H-pyrrole nitrogens is 1. The van der Waals surface area contributed by atoms with Crippen LogP contribution < -0.4 is 9.62 Å². The van der Waals surface area contributed by atoms with Crippen molar-refractivity contribution in [2.75, 3.05) is 22.9 Å². The number of nitrogens with one attached hydrogen (secondary N) is 2. The maximum absolute atomic E-state index is 11.9. The number of aromatic amines is 1. The Morgan fingerprint density at radius 1 is 1.23 bits per heavy atom. The Labute approximate surface area is 192 Å². The highest BCUT2D eigenvalue weighted by Crippen LogP contribution is 2.26. The number of halogens is 2. The third-order valence-electron chi connectivity index (χ3n) is 4.51. The lowest BCUT2D eigenvalue weighted by Crippen LogP contribution is -2.27. The van der Waals surface area contributed by atoms with E-state index in [4.69, 9.17) is 11.6 Å². The van der Waals surface area contributed by atoms with E-state index in [1.54, 1.807) is 36.7 Å². The Balaban J connectivity index is 1.62. The molecule has 2 N–H and O–H groups in total. The van der Waals surface area contributed by atoms with Gasteiger partial charge in [0, 0.05) is 36.6 Å². The number of hydrogen-bond acceptors (Lipinski definition) is 7. The fourth-order valence-corrected chi connectivity index (χ4v) is 3.86. The van der Waals surface area contributed by atoms with Gasteiger partial charge in [0.15, 0.2) is 11.6 Å². The molecule has 0 aliphatic carbocycles. The average Bonchev–Trinajstić information content (AvgIpc) is 3.15. The quantitative estimate of drug-likeness (QED) is 0.395. The SMILES string of the molecule is CN(c1ncccc1CNc1nc(-c2nc3ccc(Cl)cc3[nH]2)ncc1Br)S(C)(=O)=O. The summed E-state index contributed by atoms with van der Waals surface area (Å²) in [7, 11) is -1.98. The van der Waals surface area contributed by atoms with Gasteiger partial charge in [0.05, 0.1) is 21.8 Å². The summed E-state index contributed by atoms with van der Waals surface area (Å²) >= 11 is 9.48. The van der Waals surface area contributed by atoms with Crippen molar-refractivity contribution in [3.8, 4) is 11.6 Å². The molecule has 0 unspecified atom stereocenters. The molecule has 0 spiro atoms. The number of rotatable bonds is 6. The zero-order valence-corrected chi connectivity index (χ0v) is 19.6. The fraction of sp³-hybridized carbons (Fsp3) is 0.158. The summed E-state index contributed by atoms with van der Waals surface area (Å²) in [6.45, 7) is 0.299. The molecule has 0 saturated heterocycles. The first-order valence-electron chi connectivity index (χ1n) is 9.02. The second-order valence-electron chi connectivity index (χ2n) is 6.71. The molecule has 0 radical (unpaired) electrons. The van der Waals surface area contributed by atoms with E-state index in [0.717, 1.165) is 21.6 Å². The summed E-state index contributed by atoms with van der Waals surface area (Å²) in [6.07, 6.45) is 4.30. The van der Waals surface area contributed by atoms with E-state index < -0.39 is 10.0 Å². The van der Waals surface area contributed by atoms with Crippen LogP contribution >= 0.6 is 27.5 Å². The molecule has 0 bridgehead atoms. The molecular weight excluding hydrogens is 506 g/mol. The van der Waals surface area contributed by atoms with Crippen molar-refractivity contribution < 1.29 is 8.42 Å². The lowest BCUT2D eigenvalue weighted by atomic mass is 10.2. The highest BCUT2D eigenvalue weighted by molar-refractivity contribution is 9.10. The van der Waals surface area contributed by atoms with Crippen molar-refractivity contribution in [2.45, 2.75) is 6.54 Å². The highest BCUT2D eigenvalue weighted by atomic mass is 79.9. The van der Waals surface area contributed by atoms with Crippen molar-refractivity contribution in [1.82, 2.24) is 24.9 Å². The van der Waals surface area contributed by atoms with Gasteiger partial charge in [-0.15, -0.1) is 0 Å². The molecule has 0 saturated carbocycles. The first kappa shape index (κ1) is 21.5. The molecule has 9 nitrogen and oxygen atoms in total. The van der Waals surface area contributed by atoms with Gasteiger partial charge < -0.3 is 10.3 Å².